The van der Waals surface area contributed by atoms with Gasteiger partial charge in [0.05, 0.1) is 42.1 Å². The van der Waals surface area contributed by atoms with Gasteiger partial charge in [-0.25, -0.2) is 0 Å². The van der Waals surface area contributed by atoms with Crippen molar-refractivity contribution in [1.82, 2.24) is 72.4 Å². The first-order valence-corrected chi connectivity index (χ1v) is 49.4. The number of phenolic OH excluding ortho intramolecular Hbond substituents is 1. The molecule has 0 radical (unpaired) electrons. The van der Waals surface area contributed by atoms with Gasteiger partial charge in [0.1, 0.15) is 54.1 Å². The van der Waals surface area contributed by atoms with Crippen molar-refractivity contribution in [3.63, 3.8) is 0 Å². The number of thiol groups is 2. The molecule has 1 aromatic heterocycles. The van der Waals surface area contributed by atoms with E-state index in [1.807, 2.05) is 72.9 Å². The van der Waals surface area contributed by atoms with Gasteiger partial charge in [-0.2, -0.15) is 29.8 Å². The Morgan fingerprint density at radius 1 is 0.479 bits per heavy atom. The van der Waals surface area contributed by atoms with Gasteiger partial charge in [-0.1, -0.05) is 129 Å². The van der Waals surface area contributed by atoms with Crippen LogP contribution in [0.15, 0.2) is 176 Å². The highest BCUT2D eigenvalue weighted by molar-refractivity contribution is 7.80. The molecule has 1 saturated heterocycles. The molecular formula is C103H131N18O21S2-3. The molecular weight excluding hydrogens is 1890 g/mol. The number of amides is 10. The number of hydrogen-bond acceptors (Lipinski definition) is 29. The van der Waals surface area contributed by atoms with Crippen LogP contribution >= 0.6 is 25.3 Å². The number of hydrogen-bond donors (Lipinski definition) is 17. The number of primary amides is 1. The number of allylic oxidation sites excluding steroid dienone is 8. The van der Waals surface area contributed by atoms with Crippen molar-refractivity contribution < 1.29 is 107 Å². The number of nitrogens with zero attached hydrogens (tertiary/aromatic N) is 6. The fraction of sp³-hybridized carbons (Fsp3) is 0.447. The van der Waals surface area contributed by atoms with E-state index in [0.717, 1.165) is 62.4 Å². The van der Waals surface area contributed by atoms with E-state index in [4.69, 9.17) is 11.5 Å². The fourth-order valence-corrected chi connectivity index (χ4v) is 18.9. The number of para-hydroxylation sites is 1. The number of nitrogens with two attached hydrogens (primary N) is 2. The minimum absolute atomic E-state index is 0.00870. The van der Waals surface area contributed by atoms with Crippen LogP contribution in [0.25, 0.3) is 32.4 Å². The highest BCUT2D eigenvalue weighted by Gasteiger charge is 2.47. The number of unbranched alkanes of at least 4 members (excludes halogenated alkanes) is 2. The van der Waals surface area contributed by atoms with Crippen LogP contribution < -0.4 is 84.6 Å². The van der Waals surface area contributed by atoms with Crippen molar-refractivity contribution in [3.8, 4) is 5.75 Å². The second kappa shape index (κ2) is 53.8. The quantitative estimate of drug-likeness (QED) is 0.00832. The number of carboxylic acid groups (broad SMARTS) is 4. The molecule has 39 nitrogen and oxygen atoms in total. The predicted octanol–water partition coefficient (Wildman–Crippen LogP) is -2.21. The number of aliphatic hydroxyl groups is 2. The van der Waals surface area contributed by atoms with Gasteiger partial charge in [0.25, 0.3) is 0 Å². The number of aliphatic hydroxyl groups excluding tert-OH is 2. The van der Waals surface area contributed by atoms with Gasteiger partial charge < -0.3 is 124 Å². The monoisotopic (exact) mass is 2020 g/mol. The molecule has 144 heavy (non-hydrogen) atoms. The summed E-state index contributed by atoms with van der Waals surface area (Å²) in [6.07, 6.45) is 12.3. The number of nitrogens with one attached hydrogen (secondary N) is 10. The maximum atomic E-state index is 15.2. The molecule has 7 aromatic rings. The van der Waals surface area contributed by atoms with Crippen LogP contribution in [0.2, 0.25) is 0 Å². The molecule has 0 aliphatic carbocycles. The summed E-state index contributed by atoms with van der Waals surface area (Å²) in [7, 11) is 0. The molecule has 0 bridgehead atoms. The topological polar surface area (TPSA) is 587 Å². The molecule has 10 rings (SSSR count). The van der Waals surface area contributed by atoms with Crippen molar-refractivity contribution in [2.75, 3.05) is 121 Å². The summed E-state index contributed by atoms with van der Waals surface area (Å²) in [5, 5.41) is 108. The van der Waals surface area contributed by atoms with Gasteiger partial charge in [0.2, 0.25) is 64.8 Å². The first-order valence-electron chi connectivity index (χ1n) is 48.2. The van der Waals surface area contributed by atoms with Gasteiger partial charge in [-0.3, -0.25) is 67.5 Å². The average Bonchev–Trinajstić information content (AvgIpc) is 1.57. The normalized spacial score (nSPS) is 17.2. The second-order valence-electron chi connectivity index (χ2n) is 37.3. The molecule has 10 amide bonds. The van der Waals surface area contributed by atoms with Crippen molar-refractivity contribution in [1.29, 1.82) is 0 Å². The third kappa shape index (κ3) is 31.6. The predicted molar refractivity (Wildman–Crippen MR) is 541 cm³/mol. The summed E-state index contributed by atoms with van der Waals surface area (Å²) in [5.74, 6) is -15.5. The Morgan fingerprint density at radius 3 is 1.49 bits per heavy atom. The largest absolute Gasteiger partial charge is 0.550 e. The van der Waals surface area contributed by atoms with Crippen LogP contribution in [0, 0.1) is 0 Å². The number of carbonyl (C=O) groups excluding carboxylic acids is 14. The number of anilines is 1. The molecule has 4 heterocycles. The van der Waals surface area contributed by atoms with Crippen LogP contribution in [0.5, 0.6) is 5.75 Å². The summed E-state index contributed by atoms with van der Waals surface area (Å²) in [6, 6.07) is 24.3. The van der Waals surface area contributed by atoms with Crippen molar-refractivity contribution in [3.05, 3.63) is 198 Å². The van der Waals surface area contributed by atoms with E-state index in [1.54, 1.807) is 35.4 Å². The van der Waals surface area contributed by atoms with Gasteiger partial charge in [-0.15, -0.1) is 0 Å². The van der Waals surface area contributed by atoms with Crippen LogP contribution in [-0.4, -0.2) is 310 Å². The molecule has 10 atom stereocenters. The molecule has 774 valence electrons. The lowest BCUT2D eigenvalue weighted by Gasteiger charge is -2.34. The van der Waals surface area contributed by atoms with Crippen LogP contribution in [0.1, 0.15) is 115 Å². The second-order valence-corrected chi connectivity index (χ2v) is 38.0. The van der Waals surface area contributed by atoms with E-state index in [-0.39, 0.29) is 141 Å². The Morgan fingerprint density at radius 2 is 0.944 bits per heavy atom. The number of aromatic hydroxyl groups is 1. The summed E-state index contributed by atoms with van der Waals surface area (Å²) in [4.78, 5) is 202. The minimum atomic E-state index is -1.88. The molecule has 1 fully saturated rings. The van der Waals surface area contributed by atoms with E-state index < -0.39 is 180 Å². The van der Waals surface area contributed by atoms with E-state index in [0.29, 0.717) is 41.4 Å². The SMILES string of the molecule is C[C@@H](O)[C@H](NC(=O)[C@H](CS)NC(=O)[C@@H](NC(=O)[C@H](CCCCN)NC(=O)[C@@H](Cc1c[nH]c2ccccc12)NC(=O)[C@H](Cc1ccc(O)cc1)NC(=O)[C@H](CS)NC(=O)CN1CCN(CC(=O)[O-])CCN(CC(=O)[O-])CCN(CC(=O)[O-])CC1)[C@@H](C)O)C(=O)N[C@@H](CCCCNC(=O)CCN1/C(=C/C=C/C=C/C=C/C2=[N+](CCC(=O)[O-])c3ccc4ccccc4c3C2(C)C)C(C)(C)c2c1ccc1ccccc21)C(N)=O. The number of aliphatic carboxylic acids is 4. The number of carbonyl (C=O) groups is 14. The van der Waals surface area contributed by atoms with Crippen LogP contribution in [0.3, 0.4) is 0 Å². The Bertz CT molecular complexity index is 5890. The number of benzene rings is 6. The molecule has 0 spiro atoms. The number of aromatic amines is 1. The average molecular weight is 2020 g/mol. The molecule has 0 unspecified atom stereocenters. The van der Waals surface area contributed by atoms with Gasteiger partial charge in [0, 0.05) is 180 Å². The molecule has 6 aromatic carbocycles. The first-order chi connectivity index (χ1) is 68.7. The third-order valence-corrected chi connectivity index (χ3v) is 26.6. The highest BCUT2D eigenvalue weighted by Crippen LogP contribution is 2.51. The smallest absolute Gasteiger partial charge is 0.245 e. The Balaban J connectivity index is 0.750. The maximum absolute atomic E-state index is 15.2. The van der Waals surface area contributed by atoms with E-state index in [2.05, 4.69) is 158 Å². The van der Waals surface area contributed by atoms with Crippen LogP contribution in [-0.2, 0) is 90.8 Å². The van der Waals surface area contributed by atoms with Crippen LogP contribution in [0.4, 0.5) is 11.4 Å². The Hall–Kier alpha value is -13.4. The number of carboxylic acids is 4. The zero-order valence-electron chi connectivity index (χ0n) is 81.7. The van der Waals surface area contributed by atoms with E-state index in [9.17, 15) is 93.3 Å². The first kappa shape index (κ1) is 113. The lowest BCUT2D eigenvalue weighted by Crippen LogP contribution is -2.63. The van der Waals surface area contributed by atoms with Gasteiger partial charge in [0.15, 0.2) is 12.3 Å². The summed E-state index contributed by atoms with van der Waals surface area (Å²) >= 11 is 8.67. The van der Waals surface area contributed by atoms with Crippen molar-refractivity contribution in [2.45, 2.75) is 177 Å². The summed E-state index contributed by atoms with van der Waals surface area (Å²) in [6.45, 7) is 9.91. The molecule has 3 aliphatic heterocycles. The lowest BCUT2D eigenvalue weighted by atomic mass is 9.79. The number of phenols is 1. The number of H-pyrrole nitrogens is 1. The third-order valence-electron chi connectivity index (χ3n) is 25.9. The molecule has 0 saturated carbocycles. The van der Waals surface area contributed by atoms with Gasteiger partial charge in [-0.05, 0) is 147 Å². The summed E-state index contributed by atoms with van der Waals surface area (Å²) in [5.41, 5.74) is 18.4. The van der Waals surface area contributed by atoms with Crippen molar-refractivity contribution in [2.24, 2.45) is 11.5 Å². The zero-order chi connectivity index (χ0) is 105. The highest BCUT2D eigenvalue weighted by atomic mass is 32.1. The molecule has 41 heteroatoms. The Kier molecular flexibility index (Phi) is 42.1. The fourth-order valence-electron chi connectivity index (χ4n) is 18.3. The zero-order valence-corrected chi connectivity index (χ0v) is 83.4. The number of aromatic nitrogens is 1. The summed E-state index contributed by atoms with van der Waals surface area (Å²) < 4.78 is 2.06. The lowest BCUT2D eigenvalue weighted by molar-refractivity contribution is -0.439. The molecule has 3 aliphatic rings. The molecule has 17 N–H and O–H groups in total. The number of rotatable bonds is 51. The standard InChI is InChI=1S/C103H134N18O21S2/c1-63(122)92(100(141)109-74(94(105)135)28-19-21-43-106-84(125)40-44-120-80-38-34-66-22-12-14-25-71(66)90(80)102(3,4)82(120)30-10-8-7-9-11-31-83-103(5,6)91-72-26-15-13-23-67(72)35-39-81(91)121(83)45-41-86(127)128)115-99(140)79(62-144)113-101(142)93(64(2)123)114-95(136)75(29-18-20-42-104)110-97(138)77(55-68-56-107-73-27-17-16-24-70(68)73)112-96(137)76(54-65-32-36-69(124)37-33-65)111-98(139)78(61-143)108-85(126)57-116-46-48-117(58-87(129)130)50-52-119(60-89(133)134)53-51-118(49-47-116)59-88(131)132/h7-17,22-27,30-39,56,63-64,74-79,92-93,107,122-123H,18-21,28-29,40-55,57-62,104H2,1-6H3,(H17-,105,106,108,109,110,111,112,113,114,115,124,125,126,127,128,129,130,131,132,133,134,135,136,137,138,139,140,141,142,143,144)/p-3/t63-,64-,74+,75+,76+,77-,78+,79+,92+,93+/m1/s1. The van der Waals surface area contributed by atoms with E-state index in [1.165, 1.54) is 45.9 Å². The maximum Gasteiger partial charge on any atom is 0.245 e. The Labute approximate surface area is 846 Å². The number of fused-ring (bicyclic) bond motifs is 7. The van der Waals surface area contributed by atoms with Crippen molar-refractivity contribution >= 4 is 158 Å². The van der Waals surface area contributed by atoms with E-state index >= 15 is 9.59 Å². The minimum Gasteiger partial charge on any atom is -0.550 e. The van der Waals surface area contributed by atoms with Gasteiger partial charge >= 0.3 is 0 Å².